The molecule has 0 saturated heterocycles. The lowest BCUT2D eigenvalue weighted by atomic mass is 9.87. The largest absolute Gasteiger partial charge is 0.300 e. The minimum Gasteiger partial charge on any atom is -0.300 e. The van der Waals surface area contributed by atoms with Crippen LogP contribution in [0.5, 0.6) is 0 Å². The van der Waals surface area contributed by atoms with Crippen LogP contribution in [0.15, 0.2) is 12.2 Å². The van der Waals surface area contributed by atoms with Crippen molar-refractivity contribution in [3.63, 3.8) is 0 Å². The monoisotopic (exact) mass is 312 g/mol. The number of rotatable bonds is 7. The molecule has 0 aromatic rings. The summed E-state index contributed by atoms with van der Waals surface area (Å²) in [5.41, 5.74) is 1.16. The molecule has 2 atom stereocenters. The van der Waals surface area contributed by atoms with E-state index in [2.05, 4.69) is 6.58 Å². The van der Waals surface area contributed by atoms with Gasteiger partial charge in [-0.3, -0.25) is 9.59 Å². The first kappa shape index (κ1) is 20.8. The minimum atomic E-state index is 0. The smallest absolute Gasteiger partial charge is 0.139 e. The molecule has 22 heavy (non-hydrogen) atoms. The molecular weight excluding hydrogens is 276 g/mol. The molecule has 1 rings (SSSR count). The average Bonchev–Trinajstić information content (AvgIpc) is 2.84. The number of allylic oxidation sites excluding steroid dienone is 1. The summed E-state index contributed by atoms with van der Waals surface area (Å²) in [5, 5.41) is 0. The van der Waals surface area contributed by atoms with Crippen LogP contribution in [0.4, 0.5) is 0 Å². The van der Waals surface area contributed by atoms with Crippen LogP contribution in [-0.2, 0) is 14.4 Å². The number of carbonyl (C=O) groups excluding carboxylic acids is 3. The Morgan fingerprint density at radius 2 is 1.86 bits per heavy atom. The molecule has 130 valence electrons. The van der Waals surface area contributed by atoms with Crippen molar-refractivity contribution in [3.05, 3.63) is 12.2 Å². The highest BCUT2D eigenvalue weighted by Gasteiger charge is 2.24. The normalized spacial score (nSPS) is 18.6. The second-order valence-electron chi connectivity index (χ2n) is 6.62. The highest BCUT2D eigenvalue weighted by molar-refractivity contribution is 5.83. The third-order valence-corrected chi connectivity index (χ3v) is 4.35. The van der Waals surface area contributed by atoms with Gasteiger partial charge in [-0.15, -0.1) is 0 Å². The summed E-state index contributed by atoms with van der Waals surface area (Å²) in [7, 11) is 0. The summed E-state index contributed by atoms with van der Waals surface area (Å²) in [6.45, 7) is 13.0. The number of Topliss-reactive ketones (excluding diaryl/α,β-unsaturated/α-hetero) is 3. The topological polar surface area (TPSA) is 51.2 Å². The zero-order valence-electron chi connectivity index (χ0n) is 14.9. The van der Waals surface area contributed by atoms with E-state index in [-0.39, 0.29) is 26.3 Å². The first-order valence-corrected chi connectivity index (χ1v) is 8.40. The van der Waals surface area contributed by atoms with Crippen LogP contribution in [0.2, 0.25) is 0 Å². The first-order valence-electron chi connectivity index (χ1n) is 8.40. The van der Waals surface area contributed by atoms with E-state index in [1.165, 1.54) is 0 Å². The lowest BCUT2D eigenvalue weighted by Gasteiger charge is -2.16. The van der Waals surface area contributed by atoms with E-state index in [1.807, 2.05) is 20.8 Å². The summed E-state index contributed by atoms with van der Waals surface area (Å²) in [5.74, 6) is 1.37. The highest BCUT2D eigenvalue weighted by atomic mass is 16.1. The fraction of sp³-hybridized carbons (Fsp3) is 0.737. The van der Waals surface area contributed by atoms with Gasteiger partial charge < -0.3 is 4.79 Å². The summed E-state index contributed by atoms with van der Waals surface area (Å²) in [6, 6.07) is 0. The molecule has 0 spiro atoms. The minimum absolute atomic E-state index is 0. The van der Waals surface area contributed by atoms with Gasteiger partial charge in [0.1, 0.15) is 17.3 Å². The Morgan fingerprint density at radius 1 is 1.27 bits per heavy atom. The SMILES string of the molecule is C=C1CCC[C@H]1C(=O)CC.CC(=O)CC[C@H](C(C)=O)C(C)C.[HH].[HH]. The molecular formula is C19H36O3. The van der Waals surface area contributed by atoms with E-state index in [9.17, 15) is 14.4 Å². The number of hydrogen-bond acceptors (Lipinski definition) is 3. The maximum atomic E-state index is 11.2. The third-order valence-electron chi connectivity index (χ3n) is 4.35. The zero-order chi connectivity index (χ0) is 17.3. The quantitative estimate of drug-likeness (QED) is 0.619. The summed E-state index contributed by atoms with van der Waals surface area (Å²) < 4.78 is 0. The molecule has 0 aliphatic heterocycles. The molecule has 0 heterocycles. The molecule has 1 aliphatic carbocycles. The first-order chi connectivity index (χ1) is 10.2. The second-order valence-corrected chi connectivity index (χ2v) is 6.62. The number of hydrogen-bond donors (Lipinski definition) is 0. The zero-order valence-corrected chi connectivity index (χ0v) is 14.9. The lowest BCUT2D eigenvalue weighted by molar-refractivity contribution is -0.123. The third kappa shape index (κ3) is 7.67. The van der Waals surface area contributed by atoms with Gasteiger partial charge in [-0.1, -0.05) is 32.9 Å². The van der Waals surface area contributed by atoms with Gasteiger partial charge in [-0.05, 0) is 45.4 Å². The summed E-state index contributed by atoms with van der Waals surface area (Å²) in [6.07, 6.45) is 5.19. The van der Waals surface area contributed by atoms with E-state index in [4.69, 9.17) is 0 Å². The van der Waals surface area contributed by atoms with Crippen LogP contribution in [0.25, 0.3) is 0 Å². The standard InChI is InChI=1S/C10H18O2.C9H14O.2H2/c1-7(2)10(9(4)12)6-5-8(3)11;1-3-9(10)8-6-4-5-7(8)2;;/h7,10H,5-6H2,1-4H3;8H,2-6H2,1H3;2*1H/t10-;8-;;/m01../s1. The van der Waals surface area contributed by atoms with Crippen LogP contribution >= 0.6 is 0 Å². The van der Waals surface area contributed by atoms with Crippen molar-refractivity contribution in [1.82, 2.24) is 0 Å². The van der Waals surface area contributed by atoms with Gasteiger partial charge in [0.25, 0.3) is 0 Å². The fourth-order valence-electron chi connectivity index (χ4n) is 2.91. The van der Waals surface area contributed by atoms with Gasteiger partial charge >= 0.3 is 0 Å². The van der Waals surface area contributed by atoms with Crippen molar-refractivity contribution in [2.24, 2.45) is 17.8 Å². The van der Waals surface area contributed by atoms with Gasteiger partial charge in [0.15, 0.2) is 0 Å². The van der Waals surface area contributed by atoms with Crippen molar-refractivity contribution in [1.29, 1.82) is 0 Å². The van der Waals surface area contributed by atoms with E-state index in [0.29, 0.717) is 31.0 Å². The number of ketones is 3. The maximum absolute atomic E-state index is 11.2. The number of carbonyl (C=O) groups is 3. The van der Waals surface area contributed by atoms with E-state index < -0.39 is 0 Å². The molecule has 1 saturated carbocycles. The molecule has 1 fully saturated rings. The summed E-state index contributed by atoms with van der Waals surface area (Å²) >= 11 is 0. The highest BCUT2D eigenvalue weighted by Crippen LogP contribution is 2.30. The van der Waals surface area contributed by atoms with Crippen LogP contribution in [-0.4, -0.2) is 17.3 Å². The van der Waals surface area contributed by atoms with Crippen molar-refractivity contribution in [2.75, 3.05) is 0 Å². The second kappa shape index (κ2) is 10.5. The molecule has 0 aromatic carbocycles. The molecule has 0 amide bonds. The van der Waals surface area contributed by atoms with Crippen LogP contribution in [0.1, 0.15) is 76.0 Å². The predicted octanol–water partition coefficient (Wildman–Crippen LogP) is 5.03. The van der Waals surface area contributed by atoms with Crippen molar-refractivity contribution < 1.29 is 17.2 Å². The Labute approximate surface area is 138 Å². The Kier molecular flexibility index (Phi) is 9.88. The lowest BCUT2D eigenvalue weighted by Crippen LogP contribution is -2.18. The van der Waals surface area contributed by atoms with Crippen molar-refractivity contribution in [2.45, 2.75) is 73.1 Å². The average molecular weight is 312 g/mol. The van der Waals surface area contributed by atoms with E-state index in [1.54, 1.807) is 13.8 Å². The Hall–Kier alpha value is -1.25. The summed E-state index contributed by atoms with van der Waals surface area (Å²) in [4.78, 5) is 32.9. The van der Waals surface area contributed by atoms with Gasteiger partial charge in [-0.25, -0.2) is 0 Å². The van der Waals surface area contributed by atoms with Gasteiger partial charge in [0, 0.05) is 27.5 Å². The van der Waals surface area contributed by atoms with Crippen molar-refractivity contribution >= 4 is 17.3 Å². The molecule has 3 heteroatoms. The molecule has 0 bridgehead atoms. The molecule has 0 N–H and O–H groups in total. The predicted molar refractivity (Wildman–Crippen MR) is 94.9 cm³/mol. The van der Waals surface area contributed by atoms with Crippen LogP contribution in [0, 0.1) is 17.8 Å². The molecule has 3 nitrogen and oxygen atoms in total. The molecule has 0 radical (unpaired) electrons. The van der Waals surface area contributed by atoms with Gasteiger partial charge in [0.2, 0.25) is 0 Å². The Morgan fingerprint density at radius 3 is 2.18 bits per heavy atom. The van der Waals surface area contributed by atoms with E-state index in [0.717, 1.165) is 24.8 Å². The van der Waals surface area contributed by atoms with Gasteiger partial charge in [-0.2, -0.15) is 0 Å². The van der Waals surface area contributed by atoms with Crippen LogP contribution < -0.4 is 0 Å². The maximum Gasteiger partial charge on any atom is 0.139 e. The Balaban J connectivity index is -0.000000342. The molecule has 1 aliphatic rings. The Bertz CT molecular complexity index is 417. The van der Waals surface area contributed by atoms with Gasteiger partial charge in [0.05, 0.1) is 0 Å². The van der Waals surface area contributed by atoms with Crippen molar-refractivity contribution in [3.8, 4) is 0 Å². The van der Waals surface area contributed by atoms with Crippen LogP contribution in [0.3, 0.4) is 0 Å². The molecule has 0 unspecified atom stereocenters. The van der Waals surface area contributed by atoms with E-state index >= 15 is 0 Å². The molecule has 0 aromatic heterocycles. The fourth-order valence-corrected chi connectivity index (χ4v) is 2.91.